The maximum absolute atomic E-state index is 11.9. The summed E-state index contributed by atoms with van der Waals surface area (Å²) in [7, 11) is -3.99. The van der Waals surface area contributed by atoms with Crippen molar-refractivity contribution in [1.82, 2.24) is 15.3 Å². The molecule has 11 heteroatoms. The van der Waals surface area contributed by atoms with Gasteiger partial charge in [-0.25, -0.2) is 24.9 Å². The molecule has 0 unspecified atom stereocenters. The maximum atomic E-state index is 11.9. The van der Waals surface area contributed by atoms with Gasteiger partial charge in [-0.15, -0.1) is 5.10 Å². The van der Waals surface area contributed by atoms with Gasteiger partial charge in [0.05, 0.1) is 11.1 Å². The number of amidine groups is 1. The second kappa shape index (κ2) is 7.66. The fourth-order valence-electron chi connectivity index (χ4n) is 2.21. The highest BCUT2D eigenvalue weighted by Crippen LogP contribution is 2.28. The maximum Gasteiger partial charge on any atom is 0.238 e. The number of primary sulfonamides is 1. The zero-order chi connectivity index (χ0) is 17.7. The van der Waals surface area contributed by atoms with Crippen LogP contribution in [0, 0.1) is 0 Å². The number of hydrazine groups is 1. The summed E-state index contributed by atoms with van der Waals surface area (Å²) in [6, 6.07) is 4.67. The Balaban J connectivity index is 2.61. The first kappa shape index (κ1) is 18.3. The van der Waals surface area contributed by atoms with Gasteiger partial charge in [0.25, 0.3) is 0 Å². The Kier molecular flexibility index (Phi) is 5.83. The van der Waals surface area contributed by atoms with Crippen molar-refractivity contribution in [2.24, 2.45) is 21.8 Å². The Labute approximate surface area is 144 Å². The van der Waals surface area contributed by atoms with E-state index in [9.17, 15) is 8.42 Å². The second-order valence-corrected chi connectivity index (χ2v) is 7.35. The van der Waals surface area contributed by atoms with Crippen LogP contribution >= 0.6 is 11.8 Å². The topological polar surface area (TPSA) is 154 Å². The molecule has 0 radical (unpaired) electrons. The molecule has 24 heavy (non-hydrogen) atoms. The van der Waals surface area contributed by atoms with E-state index in [-0.39, 0.29) is 16.3 Å². The zero-order valence-electron chi connectivity index (χ0n) is 13.0. The highest BCUT2D eigenvalue weighted by atomic mass is 32.2. The van der Waals surface area contributed by atoms with Crippen molar-refractivity contribution in [1.29, 1.82) is 0 Å². The van der Waals surface area contributed by atoms with Gasteiger partial charge in [0.1, 0.15) is 0 Å². The lowest BCUT2D eigenvalue weighted by atomic mass is 10.0. The SMILES string of the molecule is CSCCn1cc(-c2cccc(S(N)(=O)=O)c2/C(N)=N/NN)cn1. The Morgan fingerprint density at radius 1 is 1.46 bits per heavy atom. The van der Waals surface area contributed by atoms with E-state index in [4.69, 9.17) is 16.7 Å². The predicted molar refractivity (Wildman–Crippen MR) is 95.5 cm³/mol. The highest BCUT2D eigenvalue weighted by molar-refractivity contribution is 7.98. The van der Waals surface area contributed by atoms with Crippen molar-refractivity contribution in [3.05, 3.63) is 36.2 Å². The van der Waals surface area contributed by atoms with Crippen LogP contribution in [0.5, 0.6) is 0 Å². The first-order valence-electron chi connectivity index (χ1n) is 6.85. The first-order chi connectivity index (χ1) is 11.4. The van der Waals surface area contributed by atoms with Crippen LogP contribution in [0.4, 0.5) is 0 Å². The van der Waals surface area contributed by atoms with Gasteiger partial charge < -0.3 is 5.73 Å². The number of hydrazone groups is 1. The van der Waals surface area contributed by atoms with Gasteiger partial charge >= 0.3 is 0 Å². The number of nitrogens with two attached hydrogens (primary N) is 3. The number of rotatable bonds is 7. The summed E-state index contributed by atoms with van der Waals surface area (Å²) < 4.78 is 25.5. The molecule has 0 atom stereocenters. The number of aryl methyl sites for hydroxylation is 1. The number of nitrogens with zero attached hydrogens (tertiary/aromatic N) is 3. The highest BCUT2D eigenvalue weighted by Gasteiger charge is 2.21. The molecule has 130 valence electrons. The zero-order valence-corrected chi connectivity index (χ0v) is 14.6. The molecule has 0 aliphatic rings. The van der Waals surface area contributed by atoms with E-state index < -0.39 is 10.0 Å². The summed E-state index contributed by atoms with van der Waals surface area (Å²) in [6.07, 6.45) is 5.45. The normalized spacial score (nSPS) is 12.4. The van der Waals surface area contributed by atoms with E-state index in [1.807, 2.05) is 12.5 Å². The molecule has 7 N–H and O–H groups in total. The average molecular weight is 369 g/mol. The number of nitrogens with one attached hydrogen (secondary N) is 1. The average Bonchev–Trinajstić information content (AvgIpc) is 3.00. The molecule has 1 aromatic carbocycles. The lowest BCUT2D eigenvalue weighted by Gasteiger charge is -2.12. The van der Waals surface area contributed by atoms with Crippen LogP contribution in [-0.4, -0.2) is 36.0 Å². The van der Waals surface area contributed by atoms with Crippen molar-refractivity contribution in [3.63, 3.8) is 0 Å². The van der Waals surface area contributed by atoms with Crippen LogP contribution in [0.25, 0.3) is 11.1 Å². The molecule has 0 saturated heterocycles. The number of sulfonamides is 1. The Morgan fingerprint density at radius 3 is 2.83 bits per heavy atom. The molecular weight excluding hydrogens is 350 g/mol. The van der Waals surface area contributed by atoms with E-state index in [1.54, 1.807) is 34.8 Å². The second-order valence-electron chi connectivity index (χ2n) is 4.83. The van der Waals surface area contributed by atoms with Crippen LogP contribution in [0.1, 0.15) is 5.56 Å². The first-order valence-corrected chi connectivity index (χ1v) is 9.79. The van der Waals surface area contributed by atoms with Gasteiger partial charge in [0, 0.05) is 29.6 Å². The number of hydrogen-bond donors (Lipinski definition) is 4. The fraction of sp³-hybridized carbons (Fsp3) is 0.231. The summed E-state index contributed by atoms with van der Waals surface area (Å²) in [6.45, 7) is 0.735. The Morgan fingerprint density at radius 2 is 2.21 bits per heavy atom. The van der Waals surface area contributed by atoms with Crippen molar-refractivity contribution in [2.75, 3.05) is 12.0 Å². The third kappa shape index (κ3) is 4.06. The van der Waals surface area contributed by atoms with Crippen molar-refractivity contribution >= 4 is 27.6 Å². The van der Waals surface area contributed by atoms with Crippen molar-refractivity contribution < 1.29 is 8.42 Å². The van der Waals surface area contributed by atoms with E-state index >= 15 is 0 Å². The molecule has 1 aromatic heterocycles. The molecule has 2 rings (SSSR count). The molecule has 1 heterocycles. The summed E-state index contributed by atoms with van der Waals surface area (Å²) in [5.41, 5.74) is 9.38. The molecule has 0 fully saturated rings. The molecule has 0 saturated carbocycles. The standard InChI is InChI=1S/C13H19N7O2S2/c1-23-6-5-20-8-9(7-17-20)10-3-2-4-11(24(16,21)22)12(10)13(14)18-19-15/h2-4,7-8,19H,5-6,15H2,1H3,(H2,14,18)(H2,16,21,22). The lowest BCUT2D eigenvalue weighted by Crippen LogP contribution is -2.26. The van der Waals surface area contributed by atoms with E-state index in [2.05, 4.69) is 15.7 Å². The molecule has 2 aromatic rings. The Hall–Kier alpha value is -2.08. The fourth-order valence-corrected chi connectivity index (χ4v) is 3.35. The largest absolute Gasteiger partial charge is 0.382 e. The lowest BCUT2D eigenvalue weighted by molar-refractivity contribution is 0.597. The van der Waals surface area contributed by atoms with Crippen LogP contribution in [0.3, 0.4) is 0 Å². The minimum absolute atomic E-state index is 0.0889. The molecule has 0 aliphatic heterocycles. The molecule has 0 bridgehead atoms. The molecular formula is C13H19N7O2S2. The number of thioether (sulfide) groups is 1. The predicted octanol–water partition coefficient (Wildman–Crippen LogP) is -0.356. The molecule has 0 aliphatic carbocycles. The van der Waals surface area contributed by atoms with Crippen molar-refractivity contribution in [3.8, 4) is 11.1 Å². The van der Waals surface area contributed by atoms with E-state index in [0.29, 0.717) is 11.1 Å². The minimum atomic E-state index is -3.99. The van der Waals surface area contributed by atoms with Gasteiger partial charge in [0.15, 0.2) is 5.84 Å². The number of benzene rings is 1. The number of aromatic nitrogens is 2. The Bertz CT molecular complexity index is 846. The summed E-state index contributed by atoms with van der Waals surface area (Å²) in [5.74, 6) is 5.98. The van der Waals surface area contributed by atoms with Gasteiger partial charge in [-0.1, -0.05) is 12.1 Å². The van der Waals surface area contributed by atoms with E-state index in [1.165, 1.54) is 6.07 Å². The van der Waals surface area contributed by atoms with Crippen LogP contribution in [0.15, 0.2) is 40.6 Å². The smallest absolute Gasteiger partial charge is 0.238 e. The quantitative estimate of drug-likeness (QED) is 0.225. The summed E-state index contributed by atoms with van der Waals surface area (Å²) in [5, 5.41) is 13.2. The van der Waals surface area contributed by atoms with E-state index in [0.717, 1.165) is 12.3 Å². The van der Waals surface area contributed by atoms with Gasteiger partial charge in [-0.3, -0.25) is 4.68 Å². The monoisotopic (exact) mass is 369 g/mol. The van der Waals surface area contributed by atoms with Gasteiger partial charge in [-0.2, -0.15) is 16.9 Å². The third-order valence-electron chi connectivity index (χ3n) is 3.24. The minimum Gasteiger partial charge on any atom is -0.382 e. The van der Waals surface area contributed by atoms with Crippen LogP contribution < -0.4 is 22.3 Å². The summed E-state index contributed by atoms with van der Waals surface area (Å²) in [4.78, 5) is -0.131. The van der Waals surface area contributed by atoms with Crippen LogP contribution in [-0.2, 0) is 16.6 Å². The van der Waals surface area contributed by atoms with Crippen LogP contribution in [0.2, 0.25) is 0 Å². The van der Waals surface area contributed by atoms with Gasteiger partial charge in [0.2, 0.25) is 10.0 Å². The molecule has 9 nitrogen and oxygen atoms in total. The third-order valence-corrected chi connectivity index (χ3v) is 4.79. The van der Waals surface area contributed by atoms with Gasteiger partial charge in [-0.05, 0) is 17.9 Å². The number of hydrogen-bond acceptors (Lipinski definition) is 7. The van der Waals surface area contributed by atoms with Crippen molar-refractivity contribution in [2.45, 2.75) is 11.4 Å². The molecule has 0 spiro atoms. The molecule has 0 amide bonds. The summed E-state index contributed by atoms with van der Waals surface area (Å²) >= 11 is 1.70.